The molecule has 18 heavy (non-hydrogen) atoms. The van der Waals surface area contributed by atoms with Crippen LogP contribution in [0.1, 0.15) is 5.69 Å². The number of nitriles is 1. The lowest BCUT2D eigenvalue weighted by Gasteiger charge is -2.00. The van der Waals surface area contributed by atoms with Crippen LogP contribution in [0.2, 0.25) is 0 Å². The molecule has 3 aromatic rings. The summed E-state index contributed by atoms with van der Waals surface area (Å²) in [6.07, 6.45) is 2.13. The zero-order valence-electron chi connectivity index (χ0n) is 9.50. The Kier molecular flexibility index (Phi) is 2.50. The second-order valence-electron chi connectivity index (χ2n) is 3.91. The van der Waals surface area contributed by atoms with E-state index < -0.39 is 0 Å². The van der Waals surface area contributed by atoms with Crippen molar-refractivity contribution in [3.8, 4) is 16.6 Å². The third-order valence-electron chi connectivity index (χ3n) is 2.74. The van der Waals surface area contributed by atoms with Gasteiger partial charge >= 0.3 is 0 Å². The molecule has 5 heteroatoms. The lowest BCUT2D eigenvalue weighted by atomic mass is 10.2. The van der Waals surface area contributed by atoms with E-state index in [-0.39, 0.29) is 0 Å². The van der Waals surface area contributed by atoms with Gasteiger partial charge in [-0.05, 0) is 23.6 Å². The summed E-state index contributed by atoms with van der Waals surface area (Å²) >= 11 is 1.62. The van der Waals surface area contributed by atoms with Crippen LogP contribution in [0.5, 0.6) is 0 Å². The topological polar surface area (TPSA) is 67.1 Å². The summed E-state index contributed by atoms with van der Waals surface area (Å²) in [6, 6.07) is 9.86. The average Bonchev–Trinajstić information content (AvgIpc) is 2.98. The molecule has 4 nitrogen and oxygen atoms in total. The van der Waals surface area contributed by atoms with E-state index in [1.165, 1.54) is 0 Å². The number of rotatable bonds is 2. The Labute approximate surface area is 108 Å². The molecule has 0 aliphatic carbocycles. The Hall–Kier alpha value is -2.32. The first-order chi connectivity index (χ1) is 8.79. The fourth-order valence-corrected chi connectivity index (χ4v) is 2.70. The van der Waals surface area contributed by atoms with Crippen molar-refractivity contribution in [1.29, 1.82) is 5.26 Å². The molecular formula is C13H10N4S. The number of pyridine rings is 1. The number of hydrogen-bond acceptors (Lipinski definition) is 4. The first-order valence-corrected chi connectivity index (χ1v) is 6.35. The highest BCUT2D eigenvalue weighted by Crippen LogP contribution is 2.29. The first-order valence-electron chi connectivity index (χ1n) is 5.47. The van der Waals surface area contributed by atoms with E-state index in [0.717, 1.165) is 21.9 Å². The van der Waals surface area contributed by atoms with E-state index >= 15 is 0 Å². The fraction of sp³-hybridized carbons (Fsp3) is 0.0769. The lowest BCUT2D eigenvalue weighted by molar-refractivity contribution is 1.06. The van der Waals surface area contributed by atoms with Gasteiger partial charge in [0.1, 0.15) is 11.3 Å². The molecule has 3 heterocycles. The molecule has 88 valence electrons. The van der Waals surface area contributed by atoms with Crippen LogP contribution in [-0.4, -0.2) is 9.38 Å². The van der Waals surface area contributed by atoms with E-state index in [1.807, 2.05) is 40.2 Å². The van der Waals surface area contributed by atoms with Crippen molar-refractivity contribution >= 4 is 22.7 Å². The highest BCUT2D eigenvalue weighted by atomic mass is 32.1. The molecule has 0 bridgehead atoms. The standard InChI is InChI=1S/C13H10N4S/c14-6-5-10-13(11-2-1-7-18-11)16-12-4-3-9(15)8-17(10)12/h1-4,7-8H,5,15H2. The maximum absolute atomic E-state index is 8.97. The molecule has 0 radical (unpaired) electrons. The van der Waals surface area contributed by atoms with Crippen molar-refractivity contribution in [2.45, 2.75) is 6.42 Å². The molecule has 0 aliphatic rings. The predicted molar refractivity (Wildman–Crippen MR) is 72.2 cm³/mol. The van der Waals surface area contributed by atoms with Crippen molar-refractivity contribution in [2.75, 3.05) is 5.73 Å². The van der Waals surface area contributed by atoms with E-state index in [1.54, 1.807) is 11.3 Å². The van der Waals surface area contributed by atoms with Crippen LogP contribution in [0.25, 0.3) is 16.2 Å². The van der Waals surface area contributed by atoms with Gasteiger partial charge < -0.3 is 10.1 Å². The van der Waals surface area contributed by atoms with E-state index in [4.69, 9.17) is 11.0 Å². The van der Waals surface area contributed by atoms with Crippen LogP contribution in [0.15, 0.2) is 35.8 Å². The quantitative estimate of drug-likeness (QED) is 0.764. The van der Waals surface area contributed by atoms with Crippen LogP contribution >= 0.6 is 11.3 Å². The Morgan fingerprint density at radius 2 is 2.28 bits per heavy atom. The molecule has 3 rings (SSSR count). The van der Waals surface area contributed by atoms with Crippen LogP contribution in [0, 0.1) is 11.3 Å². The number of thiophene rings is 1. The summed E-state index contributed by atoms with van der Waals surface area (Å²) in [5.74, 6) is 0. The first kappa shape index (κ1) is 10.8. The van der Waals surface area contributed by atoms with Gasteiger partial charge in [0.25, 0.3) is 0 Å². The number of fused-ring (bicyclic) bond motifs is 1. The summed E-state index contributed by atoms with van der Waals surface area (Å²) in [5, 5.41) is 11.0. The summed E-state index contributed by atoms with van der Waals surface area (Å²) in [4.78, 5) is 5.65. The highest BCUT2D eigenvalue weighted by molar-refractivity contribution is 7.13. The average molecular weight is 254 g/mol. The maximum atomic E-state index is 8.97. The van der Waals surface area contributed by atoms with Gasteiger partial charge in [0.2, 0.25) is 0 Å². The van der Waals surface area contributed by atoms with Gasteiger partial charge in [0.05, 0.1) is 23.1 Å². The number of hydrogen-bond donors (Lipinski definition) is 1. The number of imidazole rings is 1. The summed E-state index contributed by atoms with van der Waals surface area (Å²) < 4.78 is 1.90. The van der Waals surface area contributed by atoms with Crippen LogP contribution < -0.4 is 5.73 Å². The van der Waals surface area contributed by atoms with Gasteiger partial charge in [0.15, 0.2) is 0 Å². The minimum Gasteiger partial charge on any atom is -0.398 e. The molecule has 0 spiro atoms. The fourth-order valence-electron chi connectivity index (χ4n) is 1.96. The maximum Gasteiger partial charge on any atom is 0.137 e. The largest absolute Gasteiger partial charge is 0.398 e. The summed E-state index contributed by atoms with van der Waals surface area (Å²) in [6.45, 7) is 0. The number of nitrogen functional groups attached to an aromatic ring is 1. The molecule has 0 amide bonds. The van der Waals surface area contributed by atoms with E-state index in [0.29, 0.717) is 12.1 Å². The Bertz CT molecular complexity index is 734. The minimum absolute atomic E-state index is 0.317. The summed E-state index contributed by atoms with van der Waals surface area (Å²) in [5.41, 5.74) is 9.03. The number of anilines is 1. The number of nitrogens with two attached hydrogens (primary N) is 1. The SMILES string of the molecule is N#CCc1c(-c2cccs2)nc2ccc(N)cn12. The van der Waals surface area contributed by atoms with Crippen molar-refractivity contribution in [3.63, 3.8) is 0 Å². The van der Waals surface area contributed by atoms with Crippen molar-refractivity contribution in [1.82, 2.24) is 9.38 Å². The Balaban J connectivity index is 2.31. The van der Waals surface area contributed by atoms with E-state index in [2.05, 4.69) is 11.1 Å². The second-order valence-corrected chi connectivity index (χ2v) is 4.86. The second kappa shape index (κ2) is 4.17. The third-order valence-corrected chi connectivity index (χ3v) is 3.62. The highest BCUT2D eigenvalue weighted by Gasteiger charge is 2.14. The zero-order valence-corrected chi connectivity index (χ0v) is 10.3. The Morgan fingerprint density at radius 1 is 1.39 bits per heavy atom. The van der Waals surface area contributed by atoms with Gasteiger partial charge in [0, 0.05) is 11.9 Å². The van der Waals surface area contributed by atoms with Crippen LogP contribution in [-0.2, 0) is 6.42 Å². The monoisotopic (exact) mass is 254 g/mol. The molecule has 0 saturated heterocycles. The van der Waals surface area contributed by atoms with Gasteiger partial charge in [-0.1, -0.05) is 6.07 Å². The predicted octanol–water partition coefficient (Wildman–Crippen LogP) is 2.71. The molecule has 0 fully saturated rings. The molecule has 0 aromatic carbocycles. The van der Waals surface area contributed by atoms with Gasteiger partial charge in [-0.25, -0.2) is 4.98 Å². The smallest absolute Gasteiger partial charge is 0.137 e. The van der Waals surface area contributed by atoms with Gasteiger partial charge in [-0.2, -0.15) is 5.26 Å². The Morgan fingerprint density at radius 3 is 3.00 bits per heavy atom. The minimum atomic E-state index is 0.317. The van der Waals surface area contributed by atoms with Gasteiger partial charge in [-0.3, -0.25) is 0 Å². The molecule has 3 aromatic heterocycles. The zero-order chi connectivity index (χ0) is 12.5. The normalized spacial score (nSPS) is 10.6. The van der Waals surface area contributed by atoms with Crippen LogP contribution in [0.4, 0.5) is 5.69 Å². The van der Waals surface area contributed by atoms with Crippen molar-refractivity contribution in [3.05, 3.63) is 41.5 Å². The molecular weight excluding hydrogens is 244 g/mol. The van der Waals surface area contributed by atoms with Crippen molar-refractivity contribution < 1.29 is 0 Å². The molecule has 0 saturated carbocycles. The molecule has 2 N–H and O–H groups in total. The molecule has 0 unspecified atom stereocenters. The number of nitrogens with zero attached hydrogens (tertiary/aromatic N) is 3. The third kappa shape index (κ3) is 1.63. The molecule has 0 atom stereocenters. The van der Waals surface area contributed by atoms with Crippen LogP contribution in [0.3, 0.4) is 0 Å². The van der Waals surface area contributed by atoms with E-state index in [9.17, 15) is 0 Å². The van der Waals surface area contributed by atoms with Gasteiger partial charge in [-0.15, -0.1) is 11.3 Å². The summed E-state index contributed by atoms with van der Waals surface area (Å²) in [7, 11) is 0. The number of aromatic nitrogens is 2. The lowest BCUT2D eigenvalue weighted by Crippen LogP contribution is -1.95. The molecule has 0 aliphatic heterocycles. The van der Waals surface area contributed by atoms with Crippen molar-refractivity contribution in [2.24, 2.45) is 0 Å².